The molecule has 0 unspecified atom stereocenters. The third-order valence-electron chi connectivity index (χ3n) is 3.19. The van der Waals surface area contributed by atoms with Crippen LogP contribution in [0.5, 0.6) is 5.75 Å². The van der Waals surface area contributed by atoms with Gasteiger partial charge in [0.1, 0.15) is 5.75 Å². The second kappa shape index (κ2) is 7.00. The molecule has 2 heteroatoms. The number of rotatable bonds is 0. The first-order valence-electron chi connectivity index (χ1n) is 6.82. The van der Waals surface area contributed by atoms with Gasteiger partial charge in [0, 0.05) is 12.0 Å². The van der Waals surface area contributed by atoms with Crippen LogP contribution in [0.4, 0.5) is 0 Å². The van der Waals surface area contributed by atoms with E-state index in [1.807, 2.05) is 24.3 Å². The Morgan fingerprint density at radius 1 is 0.944 bits per heavy atom. The Morgan fingerprint density at radius 2 is 1.72 bits per heavy atom. The third-order valence-corrected chi connectivity index (χ3v) is 3.19. The van der Waals surface area contributed by atoms with E-state index in [0.29, 0.717) is 12.2 Å². The van der Waals surface area contributed by atoms with Crippen molar-refractivity contribution in [3.05, 3.63) is 35.9 Å². The highest BCUT2D eigenvalue weighted by Crippen LogP contribution is 2.21. The number of para-hydroxylation sites is 1. The van der Waals surface area contributed by atoms with E-state index in [0.717, 1.165) is 24.8 Å². The topological polar surface area (TPSA) is 26.3 Å². The number of ether oxygens (including phenoxy) is 1. The van der Waals surface area contributed by atoms with Crippen molar-refractivity contribution >= 4 is 12.0 Å². The van der Waals surface area contributed by atoms with E-state index in [1.165, 1.54) is 19.3 Å². The van der Waals surface area contributed by atoms with Gasteiger partial charge in [-0.2, -0.15) is 0 Å². The van der Waals surface area contributed by atoms with Crippen molar-refractivity contribution in [1.82, 2.24) is 0 Å². The summed E-state index contributed by atoms with van der Waals surface area (Å²) in [6, 6.07) is 7.71. The van der Waals surface area contributed by atoms with Crippen LogP contribution in [-0.4, -0.2) is 5.97 Å². The lowest BCUT2D eigenvalue weighted by molar-refractivity contribution is -0.134. The molecular weight excluding hydrogens is 224 g/mol. The number of benzene rings is 1. The highest BCUT2D eigenvalue weighted by atomic mass is 16.5. The van der Waals surface area contributed by atoms with Gasteiger partial charge in [-0.25, -0.2) is 0 Å². The molecule has 0 N–H and O–H groups in total. The summed E-state index contributed by atoms with van der Waals surface area (Å²) in [6.07, 6.45) is 11.6. The quantitative estimate of drug-likeness (QED) is 0.501. The summed E-state index contributed by atoms with van der Waals surface area (Å²) in [4.78, 5) is 11.7. The monoisotopic (exact) mass is 244 g/mol. The Labute approximate surface area is 109 Å². The summed E-state index contributed by atoms with van der Waals surface area (Å²) in [6.45, 7) is 0. The molecule has 0 saturated heterocycles. The lowest BCUT2D eigenvalue weighted by atomic mass is 10.1. The van der Waals surface area contributed by atoms with E-state index >= 15 is 0 Å². The van der Waals surface area contributed by atoms with Crippen LogP contribution >= 0.6 is 0 Å². The number of esters is 1. The molecule has 2 rings (SSSR count). The molecule has 2 nitrogen and oxygen atoms in total. The van der Waals surface area contributed by atoms with Crippen LogP contribution in [0, 0.1) is 0 Å². The molecule has 1 aromatic carbocycles. The van der Waals surface area contributed by atoms with Crippen molar-refractivity contribution in [3.63, 3.8) is 0 Å². The summed E-state index contributed by atoms with van der Waals surface area (Å²) in [5.41, 5.74) is 0.991. The molecule has 0 bridgehead atoms. The number of carbonyl (C=O) groups is 1. The highest BCUT2D eigenvalue weighted by molar-refractivity contribution is 5.74. The number of hydrogen-bond donors (Lipinski definition) is 0. The maximum atomic E-state index is 11.7. The maximum absolute atomic E-state index is 11.7. The van der Waals surface area contributed by atoms with Crippen molar-refractivity contribution in [2.45, 2.75) is 44.9 Å². The van der Waals surface area contributed by atoms with Gasteiger partial charge in [-0.1, -0.05) is 49.6 Å². The van der Waals surface area contributed by atoms with Gasteiger partial charge in [0.2, 0.25) is 0 Å². The predicted octanol–water partition coefficient (Wildman–Crippen LogP) is 4.35. The summed E-state index contributed by atoms with van der Waals surface area (Å²) in [7, 11) is 0. The van der Waals surface area contributed by atoms with Crippen LogP contribution in [-0.2, 0) is 4.79 Å². The Hall–Kier alpha value is -1.57. The van der Waals surface area contributed by atoms with E-state index in [1.54, 1.807) is 0 Å². The molecule has 1 aliphatic rings. The first kappa shape index (κ1) is 12.9. The highest BCUT2D eigenvalue weighted by Gasteiger charge is 2.07. The number of fused-ring (bicyclic) bond motifs is 1. The zero-order valence-electron chi connectivity index (χ0n) is 10.7. The molecule has 0 radical (unpaired) electrons. The van der Waals surface area contributed by atoms with Gasteiger partial charge in [-0.15, -0.1) is 0 Å². The Morgan fingerprint density at radius 3 is 2.67 bits per heavy atom. The summed E-state index contributed by atoms with van der Waals surface area (Å²) in [5, 5.41) is 0. The maximum Gasteiger partial charge on any atom is 0.311 e. The average molecular weight is 244 g/mol. The van der Waals surface area contributed by atoms with Crippen molar-refractivity contribution in [3.8, 4) is 5.75 Å². The summed E-state index contributed by atoms with van der Waals surface area (Å²) in [5.74, 6) is 0.563. The van der Waals surface area contributed by atoms with Crippen molar-refractivity contribution in [2.75, 3.05) is 0 Å². The Bertz CT molecular complexity index is 421. The molecule has 1 aromatic rings. The fourth-order valence-electron chi connectivity index (χ4n) is 2.16. The minimum Gasteiger partial charge on any atom is -0.426 e. The normalized spacial score (nSPS) is 17.9. The first-order valence-corrected chi connectivity index (χ1v) is 6.82. The van der Waals surface area contributed by atoms with E-state index in [2.05, 4.69) is 12.2 Å². The predicted molar refractivity (Wildman–Crippen MR) is 73.4 cm³/mol. The first-order chi connectivity index (χ1) is 8.86. The molecule has 96 valence electrons. The Balaban J connectivity index is 2.13. The molecule has 18 heavy (non-hydrogen) atoms. The molecular formula is C16H20O2. The van der Waals surface area contributed by atoms with Gasteiger partial charge in [0.15, 0.2) is 0 Å². The molecule has 0 atom stereocenters. The smallest absolute Gasteiger partial charge is 0.311 e. The zero-order valence-corrected chi connectivity index (χ0v) is 10.7. The van der Waals surface area contributed by atoms with E-state index in [9.17, 15) is 4.79 Å². The average Bonchev–Trinajstić information content (AvgIpc) is 2.39. The number of allylic oxidation sites excluding steroid dienone is 1. The van der Waals surface area contributed by atoms with Crippen LogP contribution in [0.15, 0.2) is 30.3 Å². The van der Waals surface area contributed by atoms with Crippen LogP contribution in [0.2, 0.25) is 0 Å². The van der Waals surface area contributed by atoms with Gasteiger partial charge in [0.05, 0.1) is 0 Å². The van der Waals surface area contributed by atoms with Gasteiger partial charge in [0.25, 0.3) is 0 Å². The molecule has 0 amide bonds. The van der Waals surface area contributed by atoms with Gasteiger partial charge in [-0.05, 0) is 25.3 Å². The molecule has 0 fully saturated rings. The molecule has 0 spiro atoms. The fourth-order valence-corrected chi connectivity index (χ4v) is 2.16. The van der Waals surface area contributed by atoms with Crippen molar-refractivity contribution < 1.29 is 9.53 Å². The van der Waals surface area contributed by atoms with E-state index in [4.69, 9.17) is 4.74 Å². The van der Waals surface area contributed by atoms with Gasteiger partial charge in [-0.3, -0.25) is 4.79 Å². The third kappa shape index (κ3) is 4.02. The van der Waals surface area contributed by atoms with E-state index in [-0.39, 0.29) is 5.97 Å². The zero-order chi connectivity index (χ0) is 12.6. The van der Waals surface area contributed by atoms with Crippen molar-refractivity contribution in [2.24, 2.45) is 0 Å². The molecule has 0 aromatic heterocycles. The SMILES string of the molecule is O=C1CCCCCCCC=Cc2ccccc2O1. The van der Waals surface area contributed by atoms with Gasteiger partial charge >= 0.3 is 5.97 Å². The molecule has 1 aliphatic heterocycles. The second-order valence-corrected chi connectivity index (χ2v) is 4.72. The number of hydrogen-bond acceptors (Lipinski definition) is 2. The van der Waals surface area contributed by atoms with Crippen LogP contribution < -0.4 is 4.74 Å². The lowest BCUT2D eigenvalue weighted by Gasteiger charge is -2.07. The molecule has 0 aliphatic carbocycles. The van der Waals surface area contributed by atoms with Crippen LogP contribution in [0.25, 0.3) is 6.08 Å². The van der Waals surface area contributed by atoms with Crippen molar-refractivity contribution in [1.29, 1.82) is 0 Å². The fraction of sp³-hybridized carbons (Fsp3) is 0.438. The van der Waals surface area contributed by atoms with Crippen LogP contribution in [0.3, 0.4) is 0 Å². The summed E-state index contributed by atoms with van der Waals surface area (Å²) < 4.78 is 5.42. The number of carbonyl (C=O) groups excluding carboxylic acids is 1. The van der Waals surface area contributed by atoms with Crippen LogP contribution in [0.1, 0.15) is 50.5 Å². The summed E-state index contributed by atoms with van der Waals surface area (Å²) >= 11 is 0. The lowest BCUT2D eigenvalue weighted by Crippen LogP contribution is -2.08. The largest absolute Gasteiger partial charge is 0.426 e. The standard InChI is InChI=1S/C16H20O2/c17-16-13-7-5-3-1-2-4-6-10-14-11-8-9-12-15(14)18-16/h6,8-12H,1-5,7,13H2. The van der Waals surface area contributed by atoms with E-state index < -0.39 is 0 Å². The minimum absolute atomic E-state index is 0.116. The Kier molecular flexibility index (Phi) is 5.00. The second-order valence-electron chi connectivity index (χ2n) is 4.72. The minimum atomic E-state index is -0.116. The molecule has 0 saturated carbocycles. The molecule has 1 heterocycles. The van der Waals surface area contributed by atoms with Gasteiger partial charge < -0.3 is 4.74 Å².